The third-order valence-electron chi connectivity index (χ3n) is 2.33. The fraction of sp³-hybridized carbons (Fsp3) is 0.500. The third kappa shape index (κ3) is 4.81. The summed E-state index contributed by atoms with van der Waals surface area (Å²) in [4.78, 5) is 0.463. The van der Waals surface area contributed by atoms with E-state index in [9.17, 15) is 4.39 Å². The quantitative estimate of drug-likeness (QED) is 0.807. The van der Waals surface area contributed by atoms with E-state index in [1.165, 1.54) is 6.07 Å². The highest BCUT2D eigenvalue weighted by Gasteiger charge is 2.07. The van der Waals surface area contributed by atoms with Gasteiger partial charge in [-0.15, -0.1) is 0 Å². The number of benzene rings is 1. The molecule has 1 nitrogen and oxygen atoms in total. The van der Waals surface area contributed by atoms with Crippen LogP contribution >= 0.6 is 27.5 Å². The van der Waals surface area contributed by atoms with Crippen LogP contribution < -0.4 is 5.32 Å². The standard InChI is InChI=1S/C12H16BrClFN/c1-8(13)5-9(2)16-7-10-3-4-11(14)6-12(10)15/h3-4,6,8-9,16H,5,7H2,1-2H3. The van der Waals surface area contributed by atoms with E-state index in [2.05, 4.69) is 35.1 Å². The number of rotatable bonds is 5. The Kier molecular flexibility index (Phi) is 5.73. The summed E-state index contributed by atoms with van der Waals surface area (Å²) in [5, 5.41) is 3.71. The van der Waals surface area contributed by atoms with Crippen molar-refractivity contribution in [3.05, 3.63) is 34.6 Å². The molecule has 1 N–H and O–H groups in total. The molecule has 0 saturated heterocycles. The first kappa shape index (κ1) is 13.9. The van der Waals surface area contributed by atoms with Crippen LogP contribution in [-0.4, -0.2) is 10.9 Å². The zero-order chi connectivity index (χ0) is 12.1. The van der Waals surface area contributed by atoms with Gasteiger partial charge < -0.3 is 5.32 Å². The van der Waals surface area contributed by atoms with Gasteiger partial charge in [0.05, 0.1) is 0 Å². The summed E-state index contributed by atoms with van der Waals surface area (Å²) in [6.45, 7) is 4.72. The predicted molar refractivity (Wildman–Crippen MR) is 70.7 cm³/mol. The molecule has 4 heteroatoms. The fourth-order valence-electron chi connectivity index (χ4n) is 1.52. The predicted octanol–water partition coefficient (Wildman–Crippen LogP) is 4.13. The van der Waals surface area contributed by atoms with Crippen molar-refractivity contribution in [1.29, 1.82) is 0 Å². The van der Waals surface area contributed by atoms with Crippen molar-refractivity contribution in [3.63, 3.8) is 0 Å². The lowest BCUT2D eigenvalue weighted by Crippen LogP contribution is -2.27. The van der Waals surface area contributed by atoms with E-state index >= 15 is 0 Å². The molecule has 90 valence electrons. The topological polar surface area (TPSA) is 12.0 Å². The zero-order valence-electron chi connectivity index (χ0n) is 9.43. The second-order valence-corrected chi connectivity index (χ2v) is 6.03. The summed E-state index contributed by atoms with van der Waals surface area (Å²) in [6, 6.07) is 5.12. The molecule has 16 heavy (non-hydrogen) atoms. The molecule has 1 aromatic rings. The number of hydrogen-bond donors (Lipinski definition) is 1. The maximum Gasteiger partial charge on any atom is 0.129 e. The van der Waals surface area contributed by atoms with Crippen molar-refractivity contribution in [3.8, 4) is 0 Å². The minimum absolute atomic E-state index is 0.251. The molecule has 0 aliphatic rings. The number of halogens is 3. The van der Waals surface area contributed by atoms with E-state index in [1.54, 1.807) is 12.1 Å². The molecule has 0 fully saturated rings. The van der Waals surface area contributed by atoms with Crippen LogP contribution in [0.2, 0.25) is 5.02 Å². The third-order valence-corrected chi connectivity index (χ3v) is 2.94. The van der Waals surface area contributed by atoms with Crippen LogP contribution in [-0.2, 0) is 6.54 Å². The Morgan fingerprint density at radius 1 is 1.44 bits per heavy atom. The molecule has 0 saturated carbocycles. The summed E-state index contributed by atoms with van der Waals surface area (Å²) in [7, 11) is 0. The van der Waals surface area contributed by atoms with Crippen LogP contribution in [0.4, 0.5) is 4.39 Å². The number of alkyl halides is 1. The first-order chi connectivity index (χ1) is 7.49. The Balaban J connectivity index is 2.48. The fourth-order valence-corrected chi connectivity index (χ4v) is 2.24. The van der Waals surface area contributed by atoms with Gasteiger partial charge in [0.2, 0.25) is 0 Å². The van der Waals surface area contributed by atoms with Gasteiger partial charge in [0, 0.05) is 28.0 Å². The highest BCUT2D eigenvalue weighted by atomic mass is 79.9. The Morgan fingerprint density at radius 2 is 2.12 bits per heavy atom. The number of hydrogen-bond acceptors (Lipinski definition) is 1. The van der Waals surface area contributed by atoms with Gasteiger partial charge in [-0.25, -0.2) is 4.39 Å². The average molecular weight is 309 g/mol. The SMILES string of the molecule is CC(Br)CC(C)NCc1ccc(Cl)cc1F. The largest absolute Gasteiger partial charge is 0.310 e. The van der Waals surface area contributed by atoms with Crippen molar-refractivity contribution < 1.29 is 4.39 Å². The zero-order valence-corrected chi connectivity index (χ0v) is 11.8. The second-order valence-electron chi connectivity index (χ2n) is 4.03. The lowest BCUT2D eigenvalue weighted by Gasteiger charge is -2.15. The maximum absolute atomic E-state index is 13.4. The summed E-state index contributed by atoms with van der Waals surface area (Å²) in [5.41, 5.74) is 0.651. The summed E-state index contributed by atoms with van der Waals surface area (Å²) < 4.78 is 13.4. The smallest absolute Gasteiger partial charge is 0.129 e. The van der Waals surface area contributed by atoms with Gasteiger partial charge in [-0.05, 0) is 25.5 Å². The molecule has 0 heterocycles. The van der Waals surface area contributed by atoms with Crippen molar-refractivity contribution in [2.75, 3.05) is 0 Å². The molecule has 0 radical (unpaired) electrons. The van der Waals surface area contributed by atoms with E-state index in [-0.39, 0.29) is 5.82 Å². The Bertz CT molecular complexity index is 344. The van der Waals surface area contributed by atoms with E-state index in [1.807, 2.05) is 0 Å². The van der Waals surface area contributed by atoms with Crippen molar-refractivity contribution in [1.82, 2.24) is 5.32 Å². The van der Waals surface area contributed by atoms with Gasteiger partial charge in [0.25, 0.3) is 0 Å². The van der Waals surface area contributed by atoms with Gasteiger partial charge in [-0.3, -0.25) is 0 Å². The normalized spacial score (nSPS) is 14.8. The van der Waals surface area contributed by atoms with Crippen molar-refractivity contribution in [2.24, 2.45) is 0 Å². The molecule has 0 aromatic heterocycles. The minimum atomic E-state index is -0.251. The van der Waals surface area contributed by atoms with Crippen LogP contribution in [0.25, 0.3) is 0 Å². The van der Waals surface area contributed by atoms with Gasteiger partial charge >= 0.3 is 0 Å². The molecule has 0 aliphatic heterocycles. The molecule has 0 spiro atoms. The highest BCUT2D eigenvalue weighted by Crippen LogP contribution is 2.15. The lowest BCUT2D eigenvalue weighted by molar-refractivity contribution is 0.502. The van der Waals surface area contributed by atoms with Crippen LogP contribution in [0.5, 0.6) is 0 Å². The van der Waals surface area contributed by atoms with Gasteiger partial charge in [-0.2, -0.15) is 0 Å². The summed E-state index contributed by atoms with van der Waals surface area (Å²) >= 11 is 9.18. The first-order valence-electron chi connectivity index (χ1n) is 5.30. The Morgan fingerprint density at radius 3 is 2.69 bits per heavy atom. The van der Waals surface area contributed by atoms with Crippen LogP contribution in [0.3, 0.4) is 0 Å². The second kappa shape index (κ2) is 6.58. The number of nitrogens with one attached hydrogen (secondary N) is 1. The molecular formula is C12H16BrClFN. The molecule has 0 aliphatic carbocycles. The average Bonchev–Trinajstić information content (AvgIpc) is 2.15. The van der Waals surface area contributed by atoms with Crippen LogP contribution in [0.1, 0.15) is 25.8 Å². The van der Waals surface area contributed by atoms with Crippen LogP contribution in [0.15, 0.2) is 18.2 Å². The highest BCUT2D eigenvalue weighted by molar-refractivity contribution is 9.09. The monoisotopic (exact) mass is 307 g/mol. The van der Waals surface area contributed by atoms with E-state index < -0.39 is 0 Å². The van der Waals surface area contributed by atoms with Crippen molar-refractivity contribution in [2.45, 2.75) is 37.7 Å². The van der Waals surface area contributed by atoms with E-state index in [4.69, 9.17) is 11.6 Å². The van der Waals surface area contributed by atoms with E-state index in [0.717, 1.165) is 6.42 Å². The molecule has 1 aromatic carbocycles. The molecule has 2 unspecified atom stereocenters. The van der Waals surface area contributed by atoms with Gasteiger partial charge in [-0.1, -0.05) is 40.5 Å². The first-order valence-corrected chi connectivity index (χ1v) is 6.59. The van der Waals surface area contributed by atoms with Gasteiger partial charge in [0.1, 0.15) is 5.82 Å². The van der Waals surface area contributed by atoms with Crippen LogP contribution in [0, 0.1) is 5.82 Å². The molecule has 2 atom stereocenters. The molecular weight excluding hydrogens is 292 g/mol. The summed E-state index contributed by atoms with van der Waals surface area (Å²) in [6.07, 6.45) is 1.01. The molecule has 0 bridgehead atoms. The molecule has 1 rings (SSSR count). The summed E-state index contributed by atoms with van der Waals surface area (Å²) in [5.74, 6) is -0.251. The lowest BCUT2D eigenvalue weighted by atomic mass is 10.1. The van der Waals surface area contributed by atoms with Gasteiger partial charge in [0.15, 0.2) is 0 Å². The Hall–Kier alpha value is -0.120. The molecule has 0 amide bonds. The van der Waals surface area contributed by atoms with E-state index in [0.29, 0.717) is 28.0 Å². The minimum Gasteiger partial charge on any atom is -0.310 e. The maximum atomic E-state index is 13.4. The Labute approximate surface area is 110 Å². The van der Waals surface area contributed by atoms with Crippen molar-refractivity contribution >= 4 is 27.5 Å².